The summed E-state index contributed by atoms with van der Waals surface area (Å²) in [5.41, 5.74) is 1.41. The summed E-state index contributed by atoms with van der Waals surface area (Å²) < 4.78 is 0. The molecule has 1 saturated carbocycles. The Kier molecular flexibility index (Phi) is 4.18. The van der Waals surface area contributed by atoms with Gasteiger partial charge in [-0.05, 0) is 42.4 Å². The zero-order valence-electron chi connectivity index (χ0n) is 12.1. The molecule has 1 N–H and O–H groups in total. The van der Waals surface area contributed by atoms with Crippen LogP contribution in [0.4, 0.5) is 0 Å². The Morgan fingerprint density at radius 3 is 1.94 bits per heavy atom. The fourth-order valence-corrected chi connectivity index (χ4v) is 3.94. The minimum absolute atomic E-state index is 0.660. The van der Waals surface area contributed by atoms with Crippen LogP contribution in [0.15, 0.2) is 0 Å². The van der Waals surface area contributed by atoms with Gasteiger partial charge in [0, 0.05) is 13.1 Å². The van der Waals surface area contributed by atoms with Crippen molar-refractivity contribution in [2.75, 3.05) is 13.1 Å². The molecule has 2 aliphatic rings. The van der Waals surface area contributed by atoms with Crippen molar-refractivity contribution in [3.05, 3.63) is 0 Å². The maximum absolute atomic E-state index is 3.46. The van der Waals surface area contributed by atoms with Crippen LogP contribution in [0.1, 0.15) is 72.1 Å². The van der Waals surface area contributed by atoms with E-state index in [1.54, 1.807) is 0 Å². The molecule has 0 radical (unpaired) electrons. The molecule has 1 nitrogen and oxygen atoms in total. The topological polar surface area (TPSA) is 12.0 Å². The first-order valence-electron chi connectivity index (χ1n) is 7.85. The molecule has 0 aromatic carbocycles. The largest absolute Gasteiger partial charge is 0.316 e. The average molecular weight is 237 g/mol. The molecule has 0 amide bonds. The molecular formula is C16H31N. The second-order valence-electron chi connectivity index (χ2n) is 7.07. The van der Waals surface area contributed by atoms with Crippen LogP contribution in [0.5, 0.6) is 0 Å². The van der Waals surface area contributed by atoms with E-state index in [4.69, 9.17) is 0 Å². The summed E-state index contributed by atoms with van der Waals surface area (Å²) in [5, 5.41) is 3.46. The second kappa shape index (κ2) is 5.30. The summed E-state index contributed by atoms with van der Waals surface area (Å²) in [5.74, 6) is 1.03. The zero-order valence-corrected chi connectivity index (χ0v) is 12.1. The van der Waals surface area contributed by atoms with E-state index in [-0.39, 0.29) is 0 Å². The molecule has 0 bridgehead atoms. The fourth-order valence-electron chi connectivity index (χ4n) is 3.94. The normalized spacial score (nSPS) is 23.5. The van der Waals surface area contributed by atoms with E-state index in [1.807, 2.05) is 0 Å². The highest BCUT2D eigenvalue weighted by molar-refractivity contribution is 5.06. The number of hydrogen-bond acceptors (Lipinski definition) is 1. The summed E-state index contributed by atoms with van der Waals surface area (Å²) in [4.78, 5) is 0. The van der Waals surface area contributed by atoms with Crippen molar-refractivity contribution in [3.63, 3.8) is 0 Å². The van der Waals surface area contributed by atoms with Gasteiger partial charge in [0.15, 0.2) is 0 Å². The Morgan fingerprint density at radius 1 is 1.06 bits per heavy atom. The van der Waals surface area contributed by atoms with Gasteiger partial charge in [-0.25, -0.2) is 0 Å². The molecule has 0 atom stereocenters. The lowest BCUT2D eigenvalue weighted by molar-refractivity contribution is -0.0702. The van der Waals surface area contributed by atoms with E-state index < -0.39 is 0 Å². The van der Waals surface area contributed by atoms with Gasteiger partial charge in [-0.2, -0.15) is 0 Å². The van der Waals surface area contributed by atoms with Crippen molar-refractivity contribution < 1.29 is 0 Å². The zero-order chi connectivity index (χ0) is 12.4. The highest BCUT2D eigenvalue weighted by Crippen LogP contribution is 2.58. The van der Waals surface area contributed by atoms with Gasteiger partial charge in [-0.15, -0.1) is 0 Å². The van der Waals surface area contributed by atoms with Crippen molar-refractivity contribution >= 4 is 0 Å². The molecule has 2 fully saturated rings. The fraction of sp³-hybridized carbons (Fsp3) is 1.00. The predicted molar refractivity (Wildman–Crippen MR) is 75.2 cm³/mol. The highest BCUT2D eigenvalue weighted by atomic mass is 15.0. The molecule has 1 heterocycles. The van der Waals surface area contributed by atoms with Gasteiger partial charge < -0.3 is 5.32 Å². The van der Waals surface area contributed by atoms with Crippen LogP contribution < -0.4 is 5.32 Å². The quantitative estimate of drug-likeness (QED) is 0.693. The molecule has 1 aliphatic carbocycles. The molecular weight excluding hydrogens is 206 g/mol. The SMILES string of the molecule is CCCCC(C)(CCCC)C1CC2(CNC2)C1. The maximum Gasteiger partial charge on any atom is 0.00204 e. The lowest BCUT2D eigenvalue weighted by Gasteiger charge is -2.59. The summed E-state index contributed by atoms with van der Waals surface area (Å²) in [7, 11) is 0. The minimum Gasteiger partial charge on any atom is -0.316 e. The molecule has 1 heteroatoms. The molecule has 0 aromatic rings. The lowest BCUT2D eigenvalue weighted by Crippen LogP contribution is -2.62. The summed E-state index contributed by atoms with van der Waals surface area (Å²) in [6.45, 7) is 9.86. The highest BCUT2D eigenvalue weighted by Gasteiger charge is 2.53. The second-order valence-corrected chi connectivity index (χ2v) is 7.07. The van der Waals surface area contributed by atoms with Gasteiger partial charge >= 0.3 is 0 Å². The van der Waals surface area contributed by atoms with Gasteiger partial charge in [-0.3, -0.25) is 0 Å². The van der Waals surface area contributed by atoms with Crippen molar-refractivity contribution in [1.82, 2.24) is 5.32 Å². The van der Waals surface area contributed by atoms with Crippen LogP contribution >= 0.6 is 0 Å². The van der Waals surface area contributed by atoms with E-state index in [9.17, 15) is 0 Å². The summed E-state index contributed by atoms with van der Waals surface area (Å²) in [6.07, 6.45) is 11.6. The first kappa shape index (κ1) is 13.4. The molecule has 0 unspecified atom stereocenters. The average Bonchev–Trinajstić information content (AvgIpc) is 2.20. The van der Waals surface area contributed by atoms with E-state index in [0.29, 0.717) is 5.41 Å². The lowest BCUT2D eigenvalue weighted by atomic mass is 9.50. The van der Waals surface area contributed by atoms with Gasteiger partial charge in [0.25, 0.3) is 0 Å². The number of unbranched alkanes of at least 4 members (excludes halogenated alkanes) is 2. The summed E-state index contributed by atoms with van der Waals surface area (Å²) >= 11 is 0. The molecule has 1 spiro atoms. The maximum atomic E-state index is 3.46. The van der Waals surface area contributed by atoms with Gasteiger partial charge in [-0.1, -0.05) is 46.5 Å². The third-order valence-corrected chi connectivity index (χ3v) is 5.55. The molecule has 1 saturated heterocycles. The van der Waals surface area contributed by atoms with Gasteiger partial charge in [0.05, 0.1) is 0 Å². The van der Waals surface area contributed by atoms with Crippen molar-refractivity contribution in [2.24, 2.45) is 16.7 Å². The van der Waals surface area contributed by atoms with Crippen LogP contribution in [0, 0.1) is 16.7 Å². The monoisotopic (exact) mass is 237 g/mol. The Morgan fingerprint density at radius 2 is 1.59 bits per heavy atom. The summed E-state index contributed by atoms with van der Waals surface area (Å²) in [6, 6.07) is 0. The third kappa shape index (κ3) is 2.70. The molecule has 2 rings (SSSR count). The van der Waals surface area contributed by atoms with E-state index >= 15 is 0 Å². The number of hydrogen-bond donors (Lipinski definition) is 1. The Bertz CT molecular complexity index is 226. The van der Waals surface area contributed by atoms with Crippen molar-refractivity contribution in [2.45, 2.75) is 72.1 Å². The smallest absolute Gasteiger partial charge is 0.00204 e. The predicted octanol–water partition coefficient (Wildman–Crippen LogP) is 4.37. The first-order chi connectivity index (χ1) is 8.14. The van der Waals surface area contributed by atoms with E-state index in [1.165, 1.54) is 64.5 Å². The van der Waals surface area contributed by atoms with Crippen LogP contribution in [0.25, 0.3) is 0 Å². The van der Waals surface area contributed by atoms with Crippen LogP contribution in [-0.4, -0.2) is 13.1 Å². The minimum atomic E-state index is 0.660. The van der Waals surface area contributed by atoms with E-state index in [0.717, 1.165) is 11.3 Å². The Balaban J connectivity index is 1.86. The van der Waals surface area contributed by atoms with Gasteiger partial charge in [0.1, 0.15) is 0 Å². The molecule has 17 heavy (non-hydrogen) atoms. The van der Waals surface area contributed by atoms with Crippen molar-refractivity contribution in [1.29, 1.82) is 0 Å². The standard InChI is InChI=1S/C16H31N/c1-4-6-8-15(3,9-7-5-2)14-10-16(11-14)12-17-13-16/h14,17H,4-13H2,1-3H3. The van der Waals surface area contributed by atoms with Crippen LogP contribution in [-0.2, 0) is 0 Å². The Labute approximate surface area is 108 Å². The van der Waals surface area contributed by atoms with Crippen molar-refractivity contribution in [3.8, 4) is 0 Å². The van der Waals surface area contributed by atoms with Gasteiger partial charge in [0.2, 0.25) is 0 Å². The van der Waals surface area contributed by atoms with E-state index in [2.05, 4.69) is 26.1 Å². The molecule has 1 aliphatic heterocycles. The third-order valence-electron chi connectivity index (χ3n) is 5.55. The number of rotatable bonds is 7. The number of nitrogens with one attached hydrogen (secondary N) is 1. The molecule has 100 valence electrons. The van der Waals surface area contributed by atoms with Crippen LogP contribution in [0.3, 0.4) is 0 Å². The molecule has 0 aromatic heterocycles. The first-order valence-corrected chi connectivity index (χ1v) is 7.85. The Hall–Kier alpha value is -0.0400. The van der Waals surface area contributed by atoms with Crippen LogP contribution in [0.2, 0.25) is 0 Å².